The van der Waals surface area contributed by atoms with Crippen molar-refractivity contribution in [2.75, 3.05) is 0 Å². The maximum atomic E-state index is 13.1. The molecule has 6 heteroatoms. The molecule has 0 radical (unpaired) electrons. The van der Waals surface area contributed by atoms with Crippen LogP contribution in [0.15, 0.2) is 18.2 Å². The molecule has 0 bridgehead atoms. The molecule has 0 fully saturated rings. The minimum absolute atomic E-state index is 0.00220. The Morgan fingerprint density at radius 3 is 2.78 bits per heavy atom. The smallest absolute Gasteiger partial charge is 0.347 e. The van der Waals surface area contributed by atoms with Gasteiger partial charge in [-0.15, -0.1) is 11.3 Å². The van der Waals surface area contributed by atoms with Crippen molar-refractivity contribution in [1.82, 2.24) is 4.98 Å². The van der Waals surface area contributed by atoms with Crippen molar-refractivity contribution >= 4 is 28.9 Å². The van der Waals surface area contributed by atoms with Crippen LogP contribution in [0.2, 0.25) is 5.02 Å². The molecule has 0 amide bonds. The van der Waals surface area contributed by atoms with Gasteiger partial charge < -0.3 is 5.11 Å². The van der Waals surface area contributed by atoms with Gasteiger partial charge in [0.25, 0.3) is 0 Å². The minimum Gasteiger partial charge on any atom is -0.477 e. The number of thiazole rings is 1. The lowest BCUT2D eigenvalue weighted by Crippen LogP contribution is -1.97. The van der Waals surface area contributed by atoms with Crippen LogP contribution in [0.1, 0.15) is 22.3 Å². The zero-order chi connectivity index (χ0) is 13.3. The van der Waals surface area contributed by atoms with Gasteiger partial charge in [0, 0.05) is 5.56 Å². The first-order valence-corrected chi connectivity index (χ1v) is 6.40. The second-order valence-electron chi connectivity index (χ2n) is 3.58. The molecule has 2 rings (SSSR count). The number of aromatic carboxylic acids is 1. The number of carboxylic acids is 1. The Morgan fingerprint density at radius 1 is 1.56 bits per heavy atom. The number of halogens is 2. The van der Waals surface area contributed by atoms with Gasteiger partial charge in [-0.25, -0.2) is 14.2 Å². The van der Waals surface area contributed by atoms with Crippen LogP contribution in [-0.4, -0.2) is 16.1 Å². The first-order valence-electron chi connectivity index (χ1n) is 5.21. The number of hydrogen-bond donors (Lipinski definition) is 1. The molecule has 2 aromatic rings. The van der Waals surface area contributed by atoms with E-state index in [4.69, 9.17) is 16.7 Å². The molecule has 0 atom stereocenters. The Kier molecular flexibility index (Phi) is 3.63. The zero-order valence-electron chi connectivity index (χ0n) is 9.41. The van der Waals surface area contributed by atoms with E-state index in [-0.39, 0.29) is 9.90 Å². The summed E-state index contributed by atoms with van der Waals surface area (Å²) in [6, 6.07) is 4.22. The number of carboxylic acid groups (broad SMARTS) is 1. The molecule has 0 saturated heterocycles. The molecule has 18 heavy (non-hydrogen) atoms. The molecule has 0 spiro atoms. The molecule has 3 nitrogen and oxygen atoms in total. The molecule has 0 aliphatic heterocycles. The summed E-state index contributed by atoms with van der Waals surface area (Å²) in [6.07, 6.45) is 0.535. The largest absolute Gasteiger partial charge is 0.477 e. The SMILES string of the molecule is CCc1nc(-c2ccc(F)c(Cl)c2)sc1C(=O)O. The lowest BCUT2D eigenvalue weighted by molar-refractivity contribution is 0.0701. The van der Waals surface area contributed by atoms with Gasteiger partial charge >= 0.3 is 5.97 Å². The molecule has 0 saturated carbocycles. The van der Waals surface area contributed by atoms with Crippen molar-refractivity contribution in [1.29, 1.82) is 0 Å². The van der Waals surface area contributed by atoms with E-state index in [9.17, 15) is 9.18 Å². The molecule has 0 aliphatic rings. The molecule has 1 heterocycles. The summed E-state index contributed by atoms with van der Waals surface area (Å²) >= 11 is 6.76. The Morgan fingerprint density at radius 2 is 2.28 bits per heavy atom. The molecule has 1 N–H and O–H groups in total. The quantitative estimate of drug-likeness (QED) is 0.931. The van der Waals surface area contributed by atoms with Crippen molar-refractivity contribution in [2.45, 2.75) is 13.3 Å². The second kappa shape index (κ2) is 5.04. The maximum absolute atomic E-state index is 13.1. The number of aromatic nitrogens is 1. The van der Waals surface area contributed by atoms with E-state index in [1.807, 2.05) is 6.92 Å². The number of aryl methyl sites for hydroxylation is 1. The van der Waals surface area contributed by atoms with Gasteiger partial charge in [-0.1, -0.05) is 18.5 Å². The van der Waals surface area contributed by atoms with Crippen molar-refractivity contribution in [3.8, 4) is 10.6 Å². The number of rotatable bonds is 3. The number of hydrogen-bond acceptors (Lipinski definition) is 3. The van der Waals surface area contributed by atoms with Gasteiger partial charge in [0.2, 0.25) is 0 Å². The highest BCUT2D eigenvalue weighted by atomic mass is 35.5. The van der Waals surface area contributed by atoms with Crippen molar-refractivity contribution in [3.63, 3.8) is 0 Å². The zero-order valence-corrected chi connectivity index (χ0v) is 11.0. The van der Waals surface area contributed by atoms with Gasteiger partial charge in [-0.3, -0.25) is 0 Å². The molecule has 1 aromatic heterocycles. The van der Waals surface area contributed by atoms with Crippen molar-refractivity contribution < 1.29 is 14.3 Å². The fourth-order valence-corrected chi connectivity index (χ4v) is 2.68. The van der Waals surface area contributed by atoms with Gasteiger partial charge in [0.15, 0.2) is 0 Å². The van der Waals surface area contributed by atoms with Gasteiger partial charge in [0.05, 0.1) is 10.7 Å². The molecule has 0 aliphatic carbocycles. The van der Waals surface area contributed by atoms with Crippen LogP contribution in [0.3, 0.4) is 0 Å². The molecular formula is C12H9ClFNO2S. The summed E-state index contributed by atoms with van der Waals surface area (Å²) in [4.78, 5) is 15.5. The van der Waals surface area contributed by atoms with Crippen molar-refractivity contribution in [2.24, 2.45) is 0 Å². The lowest BCUT2D eigenvalue weighted by Gasteiger charge is -1.98. The Labute approximate surface area is 112 Å². The first kappa shape index (κ1) is 13.0. The van der Waals surface area contributed by atoms with Crippen LogP contribution in [0.5, 0.6) is 0 Å². The topological polar surface area (TPSA) is 50.2 Å². The van der Waals surface area contributed by atoms with Crippen LogP contribution in [0.4, 0.5) is 4.39 Å². The highest BCUT2D eigenvalue weighted by Gasteiger charge is 2.17. The third-order valence-electron chi connectivity index (χ3n) is 2.39. The average Bonchev–Trinajstić information content (AvgIpc) is 2.77. The van der Waals surface area contributed by atoms with E-state index in [0.29, 0.717) is 22.7 Å². The fraction of sp³-hybridized carbons (Fsp3) is 0.167. The number of nitrogens with zero attached hydrogens (tertiary/aromatic N) is 1. The monoisotopic (exact) mass is 285 g/mol. The van der Waals surface area contributed by atoms with Crippen molar-refractivity contribution in [3.05, 3.63) is 39.6 Å². The van der Waals surface area contributed by atoms with Crippen LogP contribution < -0.4 is 0 Å². The predicted molar refractivity (Wildman–Crippen MR) is 68.9 cm³/mol. The minimum atomic E-state index is -0.996. The average molecular weight is 286 g/mol. The van der Waals surface area contributed by atoms with Crippen LogP contribution in [0, 0.1) is 5.82 Å². The molecule has 0 unspecified atom stereocenters. The lowest BCUT2D eigenvalue weighted by atomic mass is 10.2. The van der Waals surface area contributed by atoms with Crippen LogP contribution in [-0.2, 0) is 6.42 Å². The Hall–Kier alpha value is -1.46. The summed E-state index contributed by atoms with van der Waals surface area (Å²) in [5.41, 5.74) is 1.15. The van der Waals surface area contributed by atoms with E-state index >= 15 is 0 Å². The van der Waals surface area contributed by atoms with E-state index < -0.39 is 11.8 Å². The molecule has 1 aromatic carbocycles. The second-order valence-corrected chi connectivity index (χ2v) is 4.99. The summed E-state index contributed by atoms with van der Waals surface area (Å²) in [7, 11) is 0. The first-order chi connectivity index (χ1) is 8.52. The highest BCUT2D eigenvalue weighted by Crippen LogP contribution is 2.30. The summed E-state index contributed by atoms with van der Waals surface area (Å²) in [6.45, 7) is 1.84. The number of carbonyl (C=O) groups is 1. The maximum Gasteiger partial charge on any atom is 0.347 e. The van der Waals surface area contributed by atoms with E-state index in [2.05, 4.69) is 4.98 Å². The fourth-order valence-electron chi connectivity index (χ4n) is 1.51. The highest BCUT2D eigenvalue weighted by molar-refractivity contribution is 7.17. The predicted octanol–water partition coefficient (Wildman–Crippen LogP) is 3.86. The summed E-state index contributed by atoms with van der Waals surface area (Å²) in [5, 5.41) is 9.57. The van der Waals surface area contributed by atoms with E-state index in [0.717, 1.165) is 11.3 Å². The normalized spacial score (nSPS) is 10.6. The van der Waals surface area contributed by atoms with E-state index in [1.54, 1.807) is 0 Å². The Bertz CT molecular complexity index is 612. The summed E-state index contributed by atoms with van der Waals surface area (Å²) in [5.74, 6) is -1.50. The third-order valence-corrected chi connectivity index (χ3v) is 3.82. The molecule has 94 valence electrons. The van der Waals surface area contributed by atoms with Gasteiger partial charge in [0.1, 0.15) is 15.7 Å². The van der Waals surface area contributed by atoms with Gasteiger partial charge in [-0.05, 0) is 24.6 Å². The van der Waals surface area contributed by atoms with Crippen LogP contribution in [0.25, 0.3) is 10.6 Å². The Balaban J connectivity index is 2.50. The van der Waals surface area contributed by atoms with Gasteiger partial charge in [-0.2, -0.15) is 0 Å². The number of benzene rings is 1. The third kappa shape index (κ3) is 2.37. The van der Waals surface area contributed by atoms with E-state index in [1.165, 1.54) is 18.2 Å². The van der Waals surface area contributed by atoms with Crippen LogP contribution >= 0.6 is 22.9 Å². The standard InChI is InChI=1S/C12H9ClFNO2S/c1-2-9-10(12(16)17)18-11(15-9)6-3-4-8(14)7(13)5-6/h3-5H,2H2,1H3,(H,16,17). The molecular weight excluding hydrogens is 277 g/mol. The summed E-state index contributed by atoms with van der Waals surface area (Å²) < 4.78 is 13.1.